The van der Waals surface area contributed by atoms with Crippen LogP contribution in [-0.2, 0) is 4.79 Å². The first-order valence-corrected chi connectivity index (χ1v) is 21.9. The van der Waals surface area contributed by atoms with Gasteiger partial charge in [-0.15, -0.1) is 0 Å². The zero-order chi connectivity index (χ0) is 42.6. The molecule has 1 amide bonds. The molecular formula is C46H55F2N11OS. The van der Waals surface area contributed by atoms with Crippen LogP contribution in [0.2, 0.25) is 0 Å². The van der Waals surface area contributed by atoms with Gasteiger partial charge in [0, 0.05) is 123 Å². The van der Waals surface area contributed by atoms with Crippen LogP contribution in [0.15, 0.2) is 92.2 Å². The smallest absolute Gasteiger partial charge is 0.225 e. The highest BCUT2D eigenvalue weighted by atomic mass is 32.2. The number of fused-ring (bicyclic) bond motifs is 1. The molecule has 8 rings (SSSR count). The third kappa shape index (κ3) is 9.53. The maximum Gasteiger partial charge on any atom is 0.225 e. The number of carbonyl (C=O) groups excluding carboxylic acids is 1. The molecule has 61 heavy (non-hydrogen) atoms. The fourth-order valence-electron chi connectivity index (χ4n) is 8.59. The number of halogens is 2. The minimum absolute atomic E-state index is 0.0394. The van der Waals surface area contributed by atoms with Gasteiger partial charge in [0.1, 0.15) is 11.6 Å². The van der Waals surface area contributed by atoms with E-state index in [4.69, 9.17) is 9.97 Å². The van der Waals surface area contributed by atoms with E-state index < -0.39 is 11.6 Å². The van der Waals surface area contributed by atoms with E-state index in [1.165, 1.54) is 29.8 Å². The number of hydrogen-bond acceptors (Lipinski definition) is 12. The molecule has 0 bridgehead atoms. The molecule has 4 aliphatic rings. The molecule has 6 heterocycles. The summed E-state index contributed by atoms with van der Waals surface area (Å²) < 4.78 is 35.8. The normalized spacial score (nSPS) is 19.7. The van der Waals surface area contributed by atoms with Crippen LogP contribution in [-0.4, -0.2) is 107 Å². The first-order chi connectivity index (χ1) is 29.5. The molecule has 0 saturated carbocycles. The molecule has 4 N–H and O–H groups in total. The molecule has 2 aromatic carbocycles. The summed E-state index contributed by atoms with van der Waals surface area (Å²) in [5, 5.41) is 9.64. The van der Waals surface area contributed by atoms with E-state index in [0.717, 1.165) is 105 Å². The van der Waals surface area contributed by atoms with Crippen LogP contribution in [0.5, 0.6) is 0 Å². The van der Waals surface area contributed by atoms with Crippen molar-refractivity contribution in [2.45, 2.75) is 50.5 Å². The second-order valence-corrected chi connectivity index (χ2v) is 17.3. The highest BCUT2D eigenvalue weighted by Gasteiger charge is 2.31. The Balaban J connectivity index is 0.810. The quantitative estimate of drug-likeness (QED) is 0.0934. The van der Waals surface area contributed by atoms with Crippen LogP contribution in [0.25, 0.3) is 16.7 Å². The van der Waals surface area contributed by atoms with Crippen molar-refractivity contribution in [3.8, 4) is 11.1 Å². The van der Waals surface area contributed by atoms with Gasteiger partial charge in [-0.1, -0.05) is 38.8 Å². The Labute approximate surface area is 361 Å². The summed E-state index contributed by atoms with van der Waals surface area (Å²) in [6.07, 6.45) is 8.90. The third-order valence-corrected chi connectivity index (χ3v) is 13.3. The molecule has 320 valence electrons. The molecule has 3 fully saturated rings. The van der Waals surface area contributed by atoms with Gasteiger partial charge in [-0.05, 0) is 86.8 Å². The molecule has 2 aromatic heterocycles. The lowest BCUT2D eigenvalue weighted by Crippen LogP contribution is -2.48. The van der Waals surface area contributed by atoms with Crippen LogP contribution in [0.3, 0.4) is 0 Å². The Morgan fingerprint density at radius 1 is 0.951 bits per heavy atom. The number of nitrogens with zero attached hydrogens (tertiary/aromatic N) is 7. The Hall–Kier alpha value is -5.51. The summed E-state index contributed by atoms with van der Waals surface area (Å²) in [7, 11) is 1.89. The third-order valence-electron chi connectivity index (χ3n) is 12.4. The number of pyridine rings is 1. The maximum atomic E-state index is 15.7. The van der Waals surface area contributed by atoms with Crippen molar-refractivity contribution in [2.24, 2.45) is 0 Å². The van der Waals surface area contributed by atoms with Crippen molar-refractivity contribution in [1.29, 1.82) is 0 Å². The van der Waals surface area contributed by atoms with Crippen molar-refractivity contribution in [1.82, 2.24) is 34.4 Å². The van der Waals surface area contributed by atoms with Gasteiger partial charge >= 0.3 is 0 Å². The second-order valence-electron chi connectivity index (χ2n) is 16.3. The van der Waals surface area contributed by atoms with Gasteiger partial charge in [-0.3, -0.25) is 9.69 Å². The summed E-state index contributed by atoms with van der Waals surface area (Å²) in [5.74, 6) is 0.229. The molecule has 2 atom stereocenters. The fraction of sp³-hybridized carbons (Fsp3) is 0.391. The Morgan fingerprint density at radius 2 is 1.67 bits per heavy atom. The van der Waals surface area contributed by atoms with E-state index in [-0.39, 0.29) is 29.1 Å². The average molecular weight is 848 g/mol. The summed E-state index contributed by atoms with van der Waals surface area (Å²) >= 11 is 1.25. The van der Waals surface area contributed by atoms with Crippen molar-refractivity contribution >= 4 is 46.8 Å². The SMILES string of the molecule is C=C1NC(=O)CCC1Nc1ccc(C2CCN(CC(=C)N3CCN(c4ncc(-c5cnc6c(c5)C(C(=C)c5c(F)ccc(NSN(C)CC)c5F)CN6)cn4)CC3)CC2)cc1. The van der Waals surface area contributed by atoms with Gasteiger partial charge in [0.2, 0.25) is 11.9 Å². The molecule has 3 saturated heterocycles. The van der Waals surface area contributed by atoms with Crippen LogP contribution in [0, 0.1) is 11.6 Å². The van der Waals surface area contributed by atoms with Gasteiger partial charge in [-0.25, -0.2) is 28.0 Å². The summed E-state index contributed by atoms with van der Waals surface area (Å²) in [6, 6.07) is 13.5. The van der Waals surface area contributed by atoms with E-state index in [9.17, 15) is 4.79 Å². The zero-order valence-corrected chi connectivity index (χ0v) is 35.8. The summed E-state index contributed by atoms with van der Waals surface area (Å²) in [4.78, 5) is 32.9. The molecule has 0 radical (unpaired) electrons. The standard InChI is InChI=1S/C46H55F2N11OS/c1-6-56(5)61-55-41-12-11-39(47)43(44(41)48)30(3)38-27-50-45-37(38)23-34(24-49-45)35-25-51-46(52-26-35)59-21-19-58(20-22-59)29(2)28-57-17-15-33(16-18-57)32-7-9-36(10-8-32)54-40-13-14-42(60)53-31(40)4/h7-12,23-26,33,38,40,54-55H,2-4,6,13-22,27-28H2,1,5H3,(H,49,50)(H,53,60). The van der Waals surface area contributed by atoms with Crippen LogP contribution >= 0.6 is 12.1 Å². The first kappa shape index (κ1) is 42.2. The number of aromatic nitrogens is 3. The minimum atomic E-state index is -0.667. The van der Waals surface area contributed by atoms with Crippen LogP contribution < -0.4 is 25.6 Å². The Bertz CT molecular complexity index is 2260. The van der Waals surface area contributed by atoms with E-state index in [1.54, 1.807) is 6.20 Å². The molecule has 0 spiro atoms. The zero-order valence-electron chi connectivity index (χ0n) is 35.0. The number of amides is 1. The van der Waals surface area contributed by atoms with Gasteiger partial charge < -0.3 is 30.5 Å². The number of anilines is 4. The summed E-state index contributed by atoms with van der Waals surface area (Å²) in [5.41, 5.74) is 7.18. The van der Waals surface area contributed by atoms with E-state index >= 15 is 8.78 Å². The number of piperazine rings is 1. The fourth-order valence-corrected chi connectivity index (χ4v) is 9.13. The largest absolute Gasteiger partial charge is 0.377 e. The topological polar surface area (TPSA) is 117 Å². The van der Waals surface area contributed by atoms with Crippen LogP contribution in [0.1, 0.15) is 61.1 Å². The number of rotatable bonds is 14. The molecule has 4 aromatic rings. The molecule has 15 heteroatoms. The van der Waals surface area contributed by atoms with Crippen molar-refractivity contribution in [2.75, 3.05) is 86.2 Å². The van der Waals surface area contributed by atoms with Crippen molar-refractivity contribution < 1.29 is 13.6 Å². The average Bonchev–Trinajstić information content (AvgIpc) is 3.71. The number of likely N-dealkylation sites (tertiary alicyclic amines) is 1. The summed E-state index contributed by atoms with van der Waals surface area (Å²) in [6.45, 7) is 22.1. The van der Waals surface area contributed by atoms with Crippen molar-refractivity contribution in [3.63, 3.8) is 0 Å². The highest BCUT2D eigenvalue weighted by Crippen LogP contribution is 2.43. The first-order valence-electron chi connectivity index (χ1n) is 21.2. The van der Waals surface area contributed by atoms with Crippen molar-refractivity contribution in [3.05, 3.63) is 121 Å². The maximum absolute atomic E-state index is 15.7. The van der Waals surface area contributed by atoms with Gasteiger partial charge in [0.05, 0.1) is 17.3 Å². The lowest BCUT2D eigenvalue weighted by atomic mass is 9.88. The molecule has 12 nitrogen and oxygen atoms in total. The molecule has 0 aliphatic carbocycles. The van der Waals surface area contributed by atoms with Gasteiger partial charge in [-0.2, -0.15) is 0 Å². The van der Waals surface area contributed by atoms with E-state index in [1.807, 2.05) is 36.7 Å². The lowest BCUT2D eigenvalue weighted by molar-refractivity contribution is -0.121. The van der Waals surface area contributed by atoms with E-state index in [0.29, 0.717) is 36.2 Å². The second kappa shape index (κ2) is 18.6. The predicted molar refractivity (Wildman–Crippen MR) is 243 cm³/mol. The minimum Gasteiger partial charge on any atom is -0.377 e. The molecular weight excluding hydrogens is 793 g/mol. The number of nitrogens with one attached hydrogen (secondary N) is 4. The predicted octanol–water partition coefficient (Wildman–Crippen LogP) is 7.69. The van der Waals surface area contributed by atoms with Crippen LogP contribution in [0.4, 0.5) is 31.9 Å². The Morgan fingerprint density at radius 3 is 2.38 bits per heavy atom. The van der Waals surface area contributed by atoms with Gasteiger partial charge in [0.25, 0.3) is 0 Å². The number of carbonyl (C=O) groups is 1. The molecule has 4 aliphatic heterocycles. The monoisotopic (exact) mass is 847 g/mol. The lowest BCUT2D eigenvalue weighted by Gasteiger charge is -2.39. The Kier molecular flexibility index (Phi) is 12.9. The van der Waals surface area contributed by atoms with E-state index in [2.05, 4.69) is 84.4 Å². The van der Waals surface area contributed by atoms with Gasteiger partial charge in [0.15, 0.2) is 5.82 Å². The molecule has 2 unspecified atom stereocenters. The number of hydrogen-bond donors (Lipinski definition) is 4. The highest BCUT2D eigenvalue weighted by molar-refractivity contribution is 7.98. The number of benzene rings is 2. The number of piperidine rings is 2.